The summed E-state index contributed by atoms with van der Waals surface area (Å²) in [6, 6.07) is 0.0825. The number of ketones is 2. The molecule has 2 saturated heterocycles. The molecule has 0 radical (unpaired) electrons. The van der Waals surface area contributed by atoms with Gasteiger partial charge in [0.05, 0.1) is 18.3 Å². The van der Waals surface area contributed by atoms with Crippen molar-refractivity contribution in [3.63, 3.8) is 0 Å². The third-order valence-corrected chi connectivity index (χ3v) is 6.85. The van der Waals surface area contributed by atoms with Crippen LogP contribution >= 0.6 is 0 Å². The number of hydrogen-bond donors (Lipinski definition) is 1. The zero-order chi connectivity index (χ0) is 22.0. The highest BCUT2D eigenvalue weighted by atomic mass is 16.2. The second-order valence-corrected chi connectivity index (χ2v) is 8.97. The third kappa shape index (κ3) is 4.67. The molecule has 2 unspecified atom stereocenters. The van der Waals surface area contributed by atoms with Crippen molar-refractivity contribution in [3.05, 3.63) is 22.5 Å². The molecule has 2 aliphatic heterocycles. The van der Waals surface area contributed by atoms with Crippen LogP contribution < -0.4 is 0 Å². The van der Waals surface area contributed by atoms with E-state index in [-0.39, 0.29) is 23.5 Å². The van der Waals surface area contributed by atoms with E-state index in [1.807, 2.05) is 25.7 Å². The van der Waals surface area contributed by atoms with E-state index in [2.05, 4.69) is 21.7 Å². The quantitative estimate of drug-likeness (QED) is 0.721. The standard InChI is InChI=1S/C23H36N4O3/c1-15-8-6-7-9-27(15)20(29)14-25-10-12-26(13-11-25)18(4)23(30)22-16(2)21(19(5)28)17(3)24-22/h15,18,24H,6-14H2,1-5H3. The first-order valence-corrected chi connectivity index (χ1v) is 11.2. The van der Waals surface area contributed by atoms with Crippen LogP contribution in [0.3, 0.4) is 0 Å². The Morgan fingerprint density at radius 1 is 1.07 bits per heavy atom. The summed E-state index contributed by atoms with van der Waals surface area (Å²) in [5.74, 6) is 0.234. The van der Waals surface area contributed by atoms with Crippen molar-refractivity contribution < 1.29 is 14.4 Å². The van der Waals surface area contributed by atoms with E-state index in [1.54, 1.807) is 0 Å². The number of aryl methyl sites for hydroxylation is 1. The van der Waals surface area contributed by atoms with Gasteiger partial charge in [0.2, 0.25) is 5.91 Å². The van der Waals surface area contributed by atoms with Gasteiger partial charge < -0.3 is 9.88 Å². The molecule has 0 bridgehead atoms. The van der Waals surface area contributed by atoms with Crippen LogP contribution in [0.4, 0.5) is 0 Å². The van der Waals surface area contributed by atoms with Crippen LogP contribution in [0.15, 0.2) is 0 Å². The summed E-state index contributed by atoms with van der Waals surface area (Å²) in [6.45, 7) is 13.7. The molecular weight excluding hydrogens is 380 g/mol. The molecule has 0 aliphatic carbocycles. The number of aromatic nitrogens is 1. The number of Topliss-reactive ketones (excluding diaryl/α,β-unsaturated/α-hetero) is 2. The second-order valence-electron chi connectivity index (χ2n) is 8.97. The van der Waals surface area contributed by atoms with Crippen molar-refractivity contribution in [1.82, 2.24) is 19.7 Å². The molecule has 1 aromatic heterocycles. The first-order valence-electron chi connectivity index (χ1n) is 11.2. The Labute approximate surface area is 179 Å². The summed E-state index contributed by atoms with van der Waals surface area (Å²) in [5, 5.41) is 0. The normalized spacial score (nSPS) is 22.2. The van der Waals surface area contributed by atoms with Gasteiger partial charge in [-0.15, -0.1) is 0 Å². The molecule has 1 N–H and O–H groups in total. The van der Waals surface area contributed by atoms with Gasteiger partial charge in [-0.3, -0.25) is 24.2 Å². The van der Waals surface area contributed by atoms with Crippen molar-refractivity contribution >= 4 is 17.5 Å². The lowest BCUT2D eigenvalue weighted by Gasteiger charge is -2.39. The maximum Gasteiger partial charge on any atom is 0.236 e. The maximum atomic E-state index is 13.1. The van der Waals surface area contributed by atoms with Gasteiger partial charge in [0.15, 0.2) is 11.6 Å². The first kappa shape index (κ1) is 22.7. The van der Waals surface area contributed by atoms with Crippen molar-refractivity contribution in [2.75, 3.05) is 39.3 Å². The van der Waals surface area contributed by atoms with Crippen molar-refractivity contribution in [2.24, 2.45) is 0 Å². The molecule has 0 saturated carbocycles. The number of carbonyl (C=O) groups excluding carboxylic acids is 3. The van der Waals surface area contributed by atoms with Crippen LogP contribution in [0.5, 0.6) is 0 Å². The number of hydrogen-bond acceptors (Lipinski definition) is 5. The van der Waals surface area contributed by atoms with Crippen LogP contribution in [0.1, 0.15) is 72.1 Å². The molecule has 1 amide bonds. The van der Waals surface area contributed by atoms with Gasteiger partial charge in [-0.2, -0.15) is 0 Å². The minimum absolute atomic E-state index is 0.0192. The van der Waals surface area contributed by atoms with Crippen LogP contribution in [0, 0.1) is 13.8 Å². The van der Waals surface area contributed by atoms with E-state index in [9.17, 15) is 14.4 Å². The van der Waals surface area contributed by atoms with Gasteiger partial charge in [0.25, 0.3) is 0 Å². The highest BCUT2D eigenvalue weighted by molar-refractivity contribution is 6.05. The third-order valence-electron chi connectivity index (χ3n) is 6.85. The molecule has 0 aromatic carbocycles. The van der Waals surface area contributed by atoms with E-state index in [1.165, 1.54) is 13.3 Å². The predicted molar refractivity (Wildman–Crippen MR) is 117 cm³/mol. The largest absolute Gasteiger partial charge is 0.355 e. The van der Waals surface area contributed by atoms with Gasteiger partial charge in [-0.25, -0.2) is 0 Å². The summed E-state index contributed by atoms with van der Waals surface area (Å²) in [6.07, 6.45) is 3.41. The van der Waals surface area contributed by atoms with Crippen LogP contribution in [0.2, 0.25) is 0 Å². The van der Waals surface area contributed by atoms with E-state index in [4.69, 9.17) is 0 Å². The molecule has 2 atom stereocenters. The molecular formula is C23H36N4O3. The molecule has 2 aliphatic rings. The Balaban J connectivity index is 1.56. The van der Waals surface area contributed by atoms with Gasteiger partial charge in [-0.1, -0.05) is 0 Å². The Hall–Kier alpha value is -1.99. The fourth-order valence-corrected chi connectivity index (χ4v) is 4.96. The number of amides is 1. The van der Waals surface area contributed by atoms with Gasteiger partial charge in [0, 0.05) is 50.0 Å². The van der Waals surface area contributed by atoms with Crippen LogP contribution in [-0.2, 0) is 4.79 Å². The number of piperidine rings is 1. The topological polar surface area (TPSA) is 76.7 Å². The fourth-order valence-electron chi connectivity index (χ4n) is 4.96. The number of likely N-dealkylation sites (tertiary alicyclic amines) is 1. The number of aromatic amines is 1. The summed E-state index contributed by atoms with van der Waals surface area (Å²) < 4.78 is 0. The summed E-state index contributed by atoms with van der Waals surface area (Å²) in [5.41, 5.74) is 2.67. The van der Waals surface area contributed by atoms with E-state index in [0.717, 1.165) is 56.8 Å². The van der Waals surface area contributed by atoms with Crippen molar-refractivity contribution in [3.8, 4) is 0 Å². The van der Waals surface area contributed by atoms with E-state index >= 15 is 0 Å². The Bertz CT molecular complexity index is 808. The van der Waals surface area contributed by atoms with Crippen molar-refractivity contribution in [2.45, 2.75) is 66.0 Å². The zero-order valence-corrected chi connectivity index (χ0v) is 19.1. The summed E-state index contributed by atoms with van der Waals surface area (Å²) in [7, 11) is 0. The Kier molecular flexibility index (Phi) is 7.14. The summed E-state index contributed by atoms with van der Waals surface area (Å²) in [4.78, 5) is 47.2. The van der Waals surface area contributed by atoms with Crippen LogP contribution in [-0.4, -0.2) is 88.5 Å². The highest BCUT2D eigenvalue weighted by Crippen LogP contribution is 2.22. The van der Waals surface area contributed by atoms with E-state index in [0.29, 0.717) is 23.8 Å². The monoisotopic (exact) mass is 416 g/mol. The first-order chi connectivity index (χ1) is 14.2. The second kappa shape index (κ2) is 9.43. The number of carbonyl (C=O) groups is 3. The molecule has 3 rings (SSSR count). The van der Waals surface area contributed by atoms with E-state index < -0.39 is 0 Å². The lowest BCUT2D eigenvalue weighted by molar-refractivity contribution is -0.136. The molecule has 30 heavy (non-hydrogen) atoms. The Morgan fingerprint density at radius 3 is 2.30 bits per heavy atom. The SMILES string of the molecule is CC(=O)c1c(C)[nH]c(C(=O)C(C)N2CCN(CC(=O)N3CCCCC3C)CC2)c1C. The highest BCUT2D eigenvalue weighted by Gasteiger charge is 2.31. The molecule has 1 aromatic rings. The molecule has 2 fully saturated rings. The lowest BCUT2D eigenvalue weighted by Crippen LogP contribution is -2.54. The molecule has 3 heterocycles. The predicted octanol–water partition coefficient (Wildman–Crippen LogP) is 2.42. The summed E-state index contributed by atoms with van der Waals surface area (Å²) >= 11 is 0. The maximum absolute atomic E-state index is 13.1. The number of nitrogens with one attached hydrogen (secondary N) is 1. The smallest absolute Gasteiger partial charge is 0.236 e. The van der Waals surface area contributed by atoms with Gasteiger partial charge in [-0.05, 0) is 59.4 Å². The number of rotatable bonds is 6. The average Bonchev–Trinajstić information content (AvgIpc) is 3.01. The lowest BCUT2D eigenvalue weighted by atomic mass is 10.0. The molecule has 166 valence electrons. The minimum Gasteiger partial charge on any atom is -0.355 e. The van der Waals surface area contributed by atoms with Gasteiger partial charge in [0.1, 0.15) is 0 Å². The number of nitrogens with zero attached hydrogens (tertiary/aromatic N) is 3. The van der Waals surface area contributed by atoms with Gasteiger partial charge >= 0.3 is 0 Å². The van der Waals surface area contributed by atoms with Crippen LogP contribution in [0.25, 0.3) is 0 Å². The fraction of sp³-hybridized carbons (Fsp3) is 0.696. The average molecular weight is 417 g/mol. The Morgan fingerprint density at radius 2 is 1.73 bits per heavy atom. The zero-order valence-electron chi connectivity index (χ0n) is 19.1. The molecule has 0 spiro atoms. The minimum atomic E-state index is -0.262. The number of H-pyrrole nitrogens is 1. The van der Waals surface area contributed by atoms with Crippen molar-refractivity contribution in [1.29, 1.82) is 0 Å². The molecule has 7 nitrogen and oxygen atoms in total. The molecule has 7 heteroatoms. The number of piperazine rings is 1.